The van der Waals surface area contributed by atoms with Gasteiger partial charge in [0.15, 0.2) is 11.5 Å². The molecule has 5 heteroatoms. The first kappa shape index (κ1) is 13.0. The number of aliphatic carboxylic acids is 1. The molecule has 2 N–H and O–H groups in total. The van der Waals surface area contributed by atoms with Gasteiger partial charge in [0.2, 0.25) is 0 Å². The Morgan fingerprint density at radius 3 is 2.65 bits per heavy atom. The molecule has 17 heavy (non-hydrogen) atoms. The van der Waals surface area contributed by atoms with Gasteiger partial charge in [-0.05, 0) is 24.1 Å². The average molecular weight is 238 g/mol. The van der Waals surface area contributed by atoms with Crippen molar-refractivity contribution in [3.8, 4) is 11.5 Å². The molecule has 0 unspecified atom stereocenters. The number of benzene rings is 1. The minimum Gasteiger partial charge on any atom is -0.504 e. The number of phenols is 1. The van der Waals surface area contributed by atoms with Crippen LogP contribution in [0.25, 0.3) is 0 Å². The summed E-state index contributed by atoms with van der Waals surface area (Å²) in [5.41, 5.74) is 0.818. The van der Waals surface area contributed by atoms with Gasteiger partial charge >= 0.3 is 5.97 Å². The number of hydrogen-bond acceptors (Lipinski definition) is 4. The number of carbonyl (C=O) groups excluding carboxylic acids is 1. The van der Waals surface area contributed by atoms with Gasteiger partial charge in [-0.1, -0.05) is 6.07 Å². The molecule has 0 radical (unpaired) electrons. The largest absolute Gasteiger partial charge is 0.504 e. The van der Waals surface area contributed by atoms with E-state index >= 15 is 0 Å². The number of rotatable bonds is 6. The van der Waals surface area contributed by atoms with E-state index in [2.05, 4.69) is 0 Å². The minimum atomic E-state index is -1.11. The van der Waals surface area contributed by atoms with Crippen molar-refractivity contribution in [1.29, 1.82) is 0 Å². The summed E-state index contributed by atoms with van der Waals surface area (Å²) in [4.78, 5) is 21.5. The number of carboxylic acids is 1. The van der Waals surface area contributed by atoms with E-state index in [0.717, 1.165) is 5.56 Å². The predicted octanol–water partition coefficient (Wildman–Crippen LogP) is 1.38. The van der Waals surface area contributed by atoms with Crippen LogP contribution in [0.1, 0.15) is 18.4 Å². The van der Waals surface area contributed by atoms with Crippen LogP contribution in [0.15, 0.2) is 18.2 Å². The molecule has 0 heterocycles. The standard InChI is InChI=1S/C12H14O5/c1-17-11-6-8(3-5-10(11)14)2-4-9(13)7-12(15)16/h3,5-6,14H,2,4,7H2,1H3,(H,15,16). The van der Waals surface area contributed by atoms with Crippen LogP contribution >= 0.6 is 0 Å². The summed E-state index contributed by atoms with van der Waals surface area (Å²) in [7, 11) is 1.44. The van der Waals surface area contributed by atoms with Crippen LogP contribution in [0.5, 0.6) is 11.5 Å². The van der Waals surface area contributed by atoms with Crippen LogP contribution in [-0.2, 0) is 16.0 Å². The predicted molar refractivity (Wildman–Crippen MR) is 60.2 cm³/mol. The maximum atomic E-state index is 11.2. The van der Waals surface area contributed by atoms with Gasteiger partial charge in [0.25, 0.3) is 0 Å². The molecule has 0 aromatic heterocycles. The molecule has 0 atom stereocenters. The number of ketones is 1. The Balaban J connectivity index is 2.57. The third-order valence-corrected chi connectivity index (χ3v) is 2.29. The first-order valence-corrected chi connectivity index (χ1v) is 5.12. The molecule has 92 valence electrons. The van der Waals surface area contributed by atoms with Crippen molar-refractivity contribution in [2.45, 2.75) is 19.3 Å². The van der Waals surface area contributed by atoms with Gasteiger partial charge in [0.1, 0.15) is 12.2 Å². The Morgan fingerprint density at radius 1 is 1.35 bits per heavy atom. The number of hydrogen-bond donors (Lipinski definition) is 2. The molecule has 1 aromatic carbocycles. The Bertz CT molecular complexity index is 425. The quantitative estimate of drug-likeness (QED) is 0.731. The zero-order valence-corrected chi connectivity index (χ0v) is 9.47. The summed E-state index contributed by atoms with van der Waals surface area (Å²) in [6.45, 7) is 0. The van der Waals surface area contributed by atoms with Crippen molar-refractivity contribution in [3.05, 3.63) is 23.8 Å². The highest BCUT2D eigenvalue weighted by Gasteiger charge is 2.09. The Morgan fingerprint density at radius 2 is 2.06 bits per heavy atom. The second-order valence-corrected chi connectivity index (χ2v) is 3.62. The van der Waals surface area contributed by atoms with Crippen molar-refractivity contribution < 1.29 is 24.5 Å². The van der Waals surface area contributed by atoms with Crippen LogP contribution in [0, 0.1) is 0 Å². The van der Waals surface area contributed by atoms with Gasteiger partial charge in [-0.25, -0.2) is 0 Å². The third kappa shape index (κ3) is 4.14. The molecule has 1 aromatic rings. The molecule has 0 fully saturated rings. The molecule has 0 bridgehead atoms. The average Bonchev–Trinajstić information content (AvgIpc) is 2.27. The second-order valence-electron chi connectivity index (χ2n) is 3.62. The van der Waals surface area contributed by atoms with Gasteiger partial charge in [0, 0.05) is 6.42 Å². The van der Waals surface area contributed by atoms with Gasteiger partial charge in [0.05, 0.1) is 7.11 Å². The summed E-state index contributed by atoms with van der Waals surface area (Å²) in [5, 5.41) is 17.8. The Labute approximate surface area is 98.6 Å². The normalized spacial score (nSPS) is 9.94. The molecule has 0 spiro atoms. The fraction of sp³-hybridized carbons (Fsp3) is 0.333. The molecule has 0 aliphatic heterocycles. The number of Topliss-reactive ketones (excluding diaryl/α,β-unsaturated/α-hetero) is 1. The van der Waals surface area contributed by atoms with Gasteiger partial charge in [-0.3, -0.25) is 9.59 Å². The van der Waals surface area contributed by atoms with Crippen LogP contribution in [0.4, 0.5) is 0 Å². The van der Waals surface area contributed by atoms with Crippen molar-refractivity contribution in [1.82, 2.24) is 0 Å². The monoisotopic (exact) mass is 238 g/mol. The van der Waals surface area contributed by atoms with E-state index < -0.39 is 12.4 Å². The Hall–Kier alpha value is -2.04. The summed E-state index contributed by atoms with van der Waals surface area (Å²) in [6, 6.07) is 4.78. The molecule has 0 aliphatic rings. The SMILES string of the molecule is COc1cc(CCC(=O)CC(=O)O)ccc1O. The Kier molecular flexibility index (Phi) is 4.51. The molecule has 0 aliphatic carbocycles. The summed E-state index contributed by atoms with van der Waals surface area (Å²) in [6.07, 6.45) is 0.151. The first-order chi connectivity index (χ1) is 8.02. The van der Waals surface area contributed by atoms with E-state index in [9.17, 15) is 14.7 Å². The van der Waals surface area contributed by atoms with E-state index in [-0.39, 0.29) is 18.0 Å². The number of aromatic hydroxyl groups is 1. The van der Waals surface area contributed by atoms with Crippen LogP contribution in [0.3, 0.4) is 0 Å². The van der Waals surface area contributed by atoms with E-state index in [4.69, 9.17) is 9.84 Å². The summed E-state index contributed by atoms with van der Waals surface area (Å²) < 4.78 is 4.93. The van der Waals surface area contributed by atoms with Gasteiger partial charge < -0.3 is 14.9 Å². The third-order valence-electron chi connectivity index (χ3n) is 2.29. The van der Waals surface area contributed by atoms with Crippen LogP contribution < -0.4 is 4.74 Å². The maximum Gasteiger partial charge on any atom is 0.310 e. The molecule has 0 saturated carbocycles. The topological polar surface area (TPSA) is 83.8 Å². The maximum absolute atomic E-state index is 11.2. The van der Waals surface area contributed by atoms with E-state index in [1.807, 2.05) is 0 Å². The summed E-state index contributed by atoms with van der Waals surface area (Å²) in [5.74, 6) is -1.05. The smallest absolute Gasteiger partial charge is 0.310 e. The highest BCUT2D eigenvalue weighted by Crippen LogP contribution is 2.26. The van der Waals surface area contributed by atoms with E-state index in [0.29, 0.717) is 12.2 Å². The zero-order chi connectivity index (χ0) is 12.8. The van der Waals surface area contributed by atoms with Crippen molar-refractivity contribution in [2.75, 3.05) is 7.11 Å². The minimum absolute atomic E-state index is 0.0353. The number of methoxy groups -OCH3 is 1. The highest BCUT2D eigenvalue weighted by atomic mass is 16.5. The van der Waals surface area contributed by atoms with E-state index in [1.54, 1.807) is 12.1 Å². The highest BCUT2D eigenvalue weighted by molar-refractivity contribution is 5.94. The lowest BCUT2D eigenvalue weighted by Crippen LogP contribution is -2.07. The molecular weight excluding hydrogens is 224 g/mol. The number of ether oxygens (including phenoxy) is 1. The van der Waals surface area contributed by atoms with Crippen LogP contribution in [0.2, 0.25) is 0 Å². The number of carboxylic acid groups (broad SMARTS) is 1. The lowest BCUT2D eigenvalue weighted by atomic mass is 10.1. The second kappa shape index (κ2) is 5.89. The first-order valence-electron chi connectivity index (χ1n) is 5.12. The molecule has 0 amide bonds. The molecule has 0 saturated heterocycles. The molecular formula is C12H14O5. The number of aryl methyl sites for hydroxylation is 1. The fourth-order valence-corrected chi connectivity index (χ4v) is 1.42. The van der Waals surface area contributed by atoms with Crippen molar-refractivity contribution in [2.24, 2.45) is 0 Å². The number of carbonyl (C=O) groups is 2. The van der Waals surface area contributed by atoms with E-state index in [1.165, 1.54) is 13.2 Å². The lowest BCUT2D eigenvalue weighted by molar-refractivity contribution is -0.140. The fourth-order valence-electron chi connectivity index (χ4n) is 1.42. The molecule has 5 nitrogen and oxygen atoms in total. The van der Waals surface area contributed by atoms with Crippen LogP contribution in [-0.4, -0.2) is 29.1 Å². The summed E-state index contributed by atoms with van der Waals surface area (Å²) >= 11 is 0. The van der Waals surface area contributed by atoms with Gasteiger partial charge in [-0.15, -0.1) is 0 Å². The van der Waals surface area contributed by atoms with Crippen molar-refractivity contribution in [3.63, 3.8) is 0 Å². The van der Waals surface area contributed by atoms with Crippen molar-refractivity contribution >= 4 is 11.8 Å². The lowest BCUT2D eigenvalue weighted by Gasteiger charge is -2.06. The molecule has 1 rings (SSSR count). The van der Waals surface area contributed by atoms with Gasteiger partial charge in [-0.2, -0.15) is 0 Å². The number of phenolic OH excluding ortho intramolecular Hbond substituents is 1. The zero-order valence-electron chi connectivity index (χ0n) is 9.47.